The Balaban J connectivity index is 2.74. The highest BCUT2D eigenvalue weighted by atomic mass is 79.9. The van der Waals surface area contributed by atoms with Gasteiger partial charge in [-0.25, -0.2) is 4.39 Å². The zero-order valence-corrected chi connectivity index (χ0v) is 7.45. The molecule has 1 unspecified atom stereocenters. The Bertz CT molecular complexity index is 213. The molecule has 0 fully saturated rings. The maximum absolute atomic E-state index is 11.8. The molecule has 1 aromatic heterocycles. The first-order valence-corrected chi connectivity index (χ1v) is 4.39. The fraction of sp³-hybridized carbons (Fsp3) is 0.333. The van der Waals surface area contributed by atoms with E-state index in [0.29, 0.717) is 5.56 Å². The van der Waals surface area contributed by atoms with E-state index in [1.54, 1.807) is 11.4 Å². The molecule has 1 heterocycles. The number of alkyl halides is 1. The van der Waals surface area contributed by atoms with Crippen LogP contribution in [0.3, 0.4) is 0 Å². The highest BCUT2D eigenvalue weighted by Crippen LogP contribution is 2.25. The van der Waals surface area contributed by atoms with Crippen LogP contribution >= 0.6 is 27.3 Å². The van der Waals surface area contributed by atoms with Gasteiger partial charge in [-0.1, -0.05) is 0 Å². The zero-order valence-electron chi connectivity index (χ0n) is 5.05. The number of rotatable bonds is 2. The summed E-state index contributed by atoms with van der Waals surface area (Å²) in [5, 5.41) is 10.7. The molecule has 0 aromatic carbocycles. The van der Waals surface area contributed by atoms with Crippen LogP contribution in [-0.4, -0.2) is 11.8 Å². The Morgan fingerprint density at radius 1 is 1.80 bits per heavy atom. The van der Waals surface area contributed by atoms with Crippen LogP contribution in [0.25, 0.3) is 0 Å². The van der Waals surface area contributed by atoms with Crippen LogP contribution in [0.1, 0.15) is 11.7 Å². The molecule has 0 aliphatic carbocycles. The molecule has 0 aliphatic rings. The molecule has 0 bridgehead atoms. The highest BCUT2D eigenvalue weighted by molar-refractivity contribution is 9.11. The summed E-state index contributed by atoms with van der Waals surface area (Å²) in [6.07, 6.45) is -0.956. The fourth-order valence-corrected chi connectivity index (χ4v) is 1.81. The molecule has 1 atom stereocenters. The van der Waals surface area contributed by atoms with E-state index in [0.717, 1.165) is 3.79 Å². The van der Waals surface area contributed by atoms with E-state index in [4.69, 9.17) is 5.11 Å². The second-order valence-corrected chi connectivity index (χ2v) is 4.14. The van der Waals surface area contributed by atoms with Crippen molar-refractivity contribution in [3.05, 3.63) is 20.8 Å². The largest absolute Gasteiger partial charge is 0.386 e. The van der Waals surface area contributed by atoms with Crippen molar-refractivity contribution in [1.82, 2.24) is 0 Å². The number of aliphatic hydroxyl groups excluding tert-OH is 1. The molecule has 0 saturated carbocycles. The second-order valence-electron chi connectivity index (χ2n) is 1.85. The SMILES string of the molecule is OC(CF)c1csc(Br)c1. The van der Waals surface area contributed by atoms with E-state index in [-0.39, 0.29) is 0 Å². The predicted octanol–water partition coefficient (Wildman–Crippen LogP) is 2.51. The first kappa shape index (κ1) is 8.17. The smallest absolute Gasteiger partial charge is 0.120 e. The maximum atomic E-state index is 11.8. The lowest BCUT2D eigenvalue weighted by atomic mass is 10.2. The van der Waals surface area contributed by atoms with Gasteiger partial charge in [-0.05, 0) is 32.9 Å². The molecular weight excluding hydrogens is 219 g/mol. The number of aliphatic hydroxyl groups is 1. The van der Waals surface area contributed by atoms with Crippen molar-refractivity contribution >= 4 is 27.3 Å². The fourth-order valence-electron chi connectivity index (χ4n) is 0.587. The summed E-state index contributed by atoms with van der Waals surface area (Å²) in [4.78, 5) is 0. The van der Waals surface area contributed by atoms with Crippen molar-refractivity contribution in [1.29, 1.82) is 0 Å². The van der Waals surface area contributed by atoms with Crippen LogP contribution in [0.4, 0.5) is 4.39 Å². The number of hydrogen-bond acceptors (Lipinski definition) is 2. The van der Waals surface area contributed by atoms with Gasteiger partial charge in [-0.15, -0.1) is 11.3 Å². The Kier molecular flexibility index (Phi) is 2.82. The first-order chi connectivity index (χ1) is 4.74. The molecular formula is C6H6BrFOS. The average Bonchev–Trinajstić information content (AvgIpc) is 2.34. The zero-order chi connectivity index (χ0) is 7.56. The van der Waals surface area contributed by atoms with Crippen molar-refractivity contribution in [2.75, 3.05) is 6.67 Å². The maximum Gasteiger partial charge on any atom is 0.120 e. The minimum Gasteiger partial charge on any atom is -0.386 e. The number of halogens is 2. The minimum atomic E-state index is -0.956. The summed E-state index contributed by atoms with van der Waals surface area (Å²) in [7, 11) is 0. The Hall–Kier alpha value is 0.0700. The molecule has 1 nitrogen and oxygen atoms in total. The van der Waals surface area contributed by atoms with Crippen molar-refractivity contribution in [3.63, 3.8) is 0 Å². The van der Waals surface area contributed by atoms with Crippen molar-refractivity contribution in [2.24, 2.45) is 0 Å². The number of hydrogen-bond donors (Lipinski definition) is 1. The van der Waals surface area contributed by atoms with E-state index < -0.39 is 12.8 Å². The van der Waals surface area contributed by atoms with Gasteiger partial charge in [-0.2, -0.15) is 0 Å². The van der Waals surface area contributed by atoms with Crippen LogP contribution < -0.4 is 0 Å². The third-order valence-corrected chi connectivity index (χ3v) is 2.64. The lowest BCUT2D eigenvalue weighted by Crippen LogP contribution is -1.95. The van der Waals surface area contributed by atoms with E-state index >= 15 is 0 Å². The van der Waals surface area contributed by atoms with Crippen molar-refractivity contribution < 1.29 is 9.50 Å². The Labute approximate surface area is 70.6 Å². The second kappa shape index (κ2) is 3.46. The minimum absolute atomic E-state index is 0.638. The Morgan fingerprint density at radius 3 is 2.90 bits per heavy atom. The van der Waals surface area contributed by atoms with Gasteiger partial charge < -0.3 is 5.11 Å². The van der Waals surface area contributed by atoms with Crippen LogP contribution in [0, 0.1) is 0 Å². The lowest BCUT2D eigenvalue weighted by Gasteiger charge is -1.99. The van der Waals surface area contributed by atoms with Gasteiger partial charge in [0.25, 0.3) is 0 Å². The summed E-state index contributed by atoms with van der Waals surface area (Å²) in [5.41, 5.74) is 0.638. The van der Waals surface area contributed by atoms with Crippen LogP contribution in [0.2, 0.25) is 0 Å². The van der Waals surface area contributed by atoms with Gasteiger partial charge in [0.2, 0.25) is 0 Å². The molecule has 0 saturated heterocycles. The standard InChI is InChI=1S/C6H6BrFOS/c7-6-1-4(3-10-6)5(9)2-8/h1,3,5,9H,2H2. The molecule has 0 aliphatic heterocycles. The highest BCUT2D eigenvalue weighted by Gasteiger charge is 2.07. The van der Waals surface area contributed by atoms with Crippen LogP contribution in [0.5, 0.6) is 0 Å². The first-order valence-electron chi connectivity index (χ1n) is 2.72. The number of thiophene rings is 1. The summed E-state index contributed by atoms with van der Waals surface area (Å²) >= 11 is 4.65. The topological polar surface area (TPSA) is 20.2 Å². The van der Waals surface area contributed by atoms with Gasteiger partial charge in [0.1, 0.15) is 12.8 Å². The van der Waals surface area contributed by atoms with Gasteiger partial charge in [0, 0.05) is 0 Å². The van der Waals surface area contributed by atoms with Gasteiger partial charge in [0.05, 0.1) is 3.79 Å². The molecule has 4 heteroatoms. The normalized spacial score (nSPS) is 13.5. The molecule has 56 valence electrons. The molecule has 0 radical (unpaired) electrons. The average molecular weight is 225 g/mol. The predicted molar refractivity (Wildman–Crippen MR) is 43.0 cm³/mol. The quantitative estimate of drug-likeness (QED) is 0.819. The van der Waals surface area contributed by atoms with Gasteiger partial charge in [-0.3, -0.25) is 0 Å². The molecule has 1 aromatic rings. The van der Waals surface area contributed by atoms with E-state index in [1.165, 1.54) is 11.3 Å². The summed E-state index contributed by atoms with van der Waals surface area (Å²) in [6, 6.07) is 1.72. The van der Waals surface area contributed by atoms with Crippen molar-refractivity contribution in [2.45, 2.75) is 6.10 Å². The molecule has 1 rings (SSSR count). The molecule has 0 spiro atoms. The third-order valence-electron chi connectivity index (χ3n) is 1.12. The van der Waals surface area contributed by atoms with Crippen molar-refractivity contribution in [3.8, 4) is 0 Å². The monoisotopic (exact) mass is 224 g/mol. The molecule has 1 N–H and O–H groups in total. The van der Waals surface area contributed by atoms with Gasteiger partial charge in [0.15, 0.2) is 0 Å². The third kappa shape index (κ3) is 1.78. The van der Waals surface area contributed by atoms with E-state index in [9.17, 15) is 4.39 Å². The molecule has 10 heavy (non-hydrogen) atoms. The lowest BCUT2D eigenvalue weighted by molar-refractivity contribution is 0.142. The van der Waals surface area contributed by atoms with E-state index in [2.05, 4.69) is 15.9 Å². The van der Waals surface area contributed by atoms with Crippen LogP contribution in [-0.2, 0) is 0 Å². The summed E-state index contributed by atoms with van der Waals surface area (Å²) < 4.78 is 12.7. The summed E-state index contributed by atoms with van der Waals surface area (Å²) in [5.74, 6) is 0. The molecule has 0 amide bonds. The summed E-state index contributed by atoms with van der Waals surface area (Å²) in [6.45, 7) is -0.719. The van der Waals surface area contributed by atoms with Gasteiger partial charge >= 0.3 is 0 Å². The Morgan fingerprint density at radius 2 is 2.50 bits per heavy atom. The van der Waals surface area contributed by atoms with Crippen LogP contribution in [0.15, 0.2) is 15.2 Å². The van der Waals surface area contributed by atoms with E-state index in [1.807, 2.05) is 0 Å².